The molecule has 2 heteroatoms. The summed E-state index contributed by atoms with van der Waals surface area (Å²) in [5.74, 6) is 3.62. The average Bonchev–Trinajstić information content (AvgIpc) is 3.02. The summed E-state index contributed by atoms with van der Waals surface area (Å²) >= 11 is 0. The van der Waals surface area contributed by atoms with Crippen LogP contribution in [0.2, 0.25) is 0 Å². The Bertz CT molecular complexity index is 339. The Balaban J connectivity index is 1.72. The summed E-state index contributed by atoms with van der Waals surface area (Å²) in [4.78, 5) is 5.46. The summed E-state index contributed by atoms with van der Waals surface area (Å²) in [6.07, 6.45) is 7.09. The van der Waals surface area contributed by atoms with E-state index >= 15 is 0 Å². The van der Waals surface area contributed by atoms with Crippen molar-refractivity contribution in [1.82, 2.24) is 9.80 Å². The van der Waals surface area contributed by atoms with Gasteiger partial charge in [0.1, 0.15) is 0 Å². The van der Waals surface area contributed by atoms with Gasteiger partial charge in [0, 0.05) is 25.2 Å². The topological polar surface area (TPSA) is 6.48 Å². The molecule has 2 heterocycles. The van der Waals surface area contributed by atoms with Crippen LogP contribution in [0.15, 0.2) is 0 Å². The number of nitrogens with zero attached hydrogens (tertiary/aromatic N) is 2. The van der Waals surface area contributed by atoms with Crippen molar-refractivity contribution in [2.45, 2.75) is 85.7 Å². The molecular formula is C21H42N2. The number of likely N-dealkylation sites (tertiary alicyclic amines) is 2. The molecule has 0 saturated carbocycles. The van der Waals surface area contributed by atoms with Gasteiger partial charge in [-0.15, -0.1) is 0 Å². The fraction of sp³-hybridized carbons (Fsp3) is 1.00. The third kappa shape index (κ3) is 5.46. The van der Waals surface area contributed by atoms with Gasteiger partial charge in [0.25, 0.3) is 0 Å². The van der Waals surface area contributed by atoms with Gasteiger partial charge in [-0.3, -0.25) is 0 Å². The van der Waals surface area contributed by atoms with E-state index < -0.39 is 0 Å². The van der Waals surface area contributed by atoms with Crippen LogP contribution < -0.4 is 0 Å². The molecule has 23 heavy (non-hydrogen) atoms. The van der Waals surface area contributed by atoms with Crippen molar-refractivity contribution in [2.24, 2.45) is 23.7 Å². The first-order valence-corrected chi connectivity index (χ1v) is 10.4. The highest BCUT2D eigenvalue weighted by molar-refractivity contribution is 4.83. The van der Waals surface area contributed by atoms with E-state index in [1.165, 1.54) is 58.3 Å². The summed E-state index contributed by atoms with van der Waals surface area (Å²) in [6, 6.07) is 1.51. The van der Waals surface area contributed by atoms with Crippen molar-refractivity contribution < 1.29 is 0 Å². The monoisotopic (exact) mass is 322 g/mol. The molecule has 136 valence electrons. The molecule has 0 aromatic rings. The predicted octanol–water partition coefficient (Wildman–Crippen LogP) is 4.89. The second-order valence-electron chi connectivity index (χ2n) is 9.18. The van der Waals surface area contributed by atoms with Crippen LogP contribution in [0.1, 0.15) is 73.6 Å². The molecule has 2 nitrogen and oxygen atoms in total. The van der Waals surface area contributed by atoms with Crippen LogP contribution in [-0.2, 0) is 0 Å². The molecule has 2 aliphatic heterocycles. The maximum atomic E-state index is 2.76. The van der Waals surface area contributed by atoms with Crippen LogP contribution in [-0.4, -0.2) is 48.1 Å². The first kappa shape index (κ1) is 19.2. The van der Waals surface area contributed by atoms with Gasteiger partial charge in [0.05, 0.1) is 0 Å². The Morgan fingerprint density at radius 3 is 2.09 bits per heavy atom. The molecule has 0 aromatic heterocycles. The molecule has 0 aliphatic carbocycles. The van der Waals surface area contributed by atoms with E-state index in [9.17, 15) is 0 Å². The van der Waals surface area contributed by atoms with Crippen LogP contribution in [0, 0.1) is 23.7 Å². The second-order valence-corrected chi connectivity index (χ2v) is 9.18. The maximum Gasteiger partial charge on any atom is 0.00671 e. The molecule has 0 spiro atoms. The number of piperidine rings is 1. The molecule has 0 radical (unpaired) electrons. The SMILES string of the molecule is CC(C)C1CCN(C(C)CCC(C)C2CCCN(C(C)C)C2)C1. The standard InChI is InChI=1S/C21H42N2/c1-16(2)20-11-13-23(14-20)19(6)10-9-18(5)21-8-7-12-22(15-21)17(3)4/h16-21H,7-15H2,1-6H3. The van der Waals surface area contributed by atoms with Crippen LogP contribution >= 0.6 is 0 Å². The molecule has 2 aliphatic rings. The van der Waals surface area contributed by atoms with E-state index in [1.807, 2.05) is 0 Å². The van der Waals surface area contributed by atoms with Gasteiger partial charge >= 0.3 is 0 Å². The Morgan fingerprint density at radius 2 is 1.48 bits per heavy atom. The van der Waals surface area contributed by atoms with E-state index in [1.54, 1.807) is 0 Å². The predicted molar refractivity (Wildman–Crippen MR) is 102 cm³/mol. The summed E-state index contributed by atoms with van der Waals surface area (Å²) in [5, 5.41) is 0. The fourth-order valence-corrected chi connectivity index (χ4v) is 4.66. The molecule has 0 bridgehead atoms. The second kappa shape index (κ2) is 8.85. The van der Waals surface area contributed by atoms with Crippen LogP contribution in [0.4, 0.5) is 0 Å². The largest absolute Gasteiger partial charge is 0.301 e. The molecule has 2 fully saturated rings. The normalized spacial score (nSPS) is 30.3. The van der Waals surface area contributed by atoms with Gasteiger partial charge in [-0.25, -0.2) is 0 Å². The van der Waals surface area contributed by atoms with Crippen LogP contribution in [0.5, 0.6) is 0 Å². The van der Waals surface area contributed by atoms with E-state index in [2.05, 4.69) is 51.3 Å². The smallest absolute Gasteiger partial charge is 0.00671 e. The van der Waals surface area contributed by atoms with E-state index in [0.717, 1.165) is 35.8 Å². The third-order valence-electron chi connectivity index (χ3n) is 6.89. The molecule has 4 atom stereocenters. The van der Waals surface area contributed by atoms with Crippen molar-refractivity contribution in [3.05, 3.63) is 0 Å². The van der Waals surface area contributed by atoms with Gasteiger partial charge in [-0.2, -0.15) is 0 Å². The Kier molecular flexibility index (Phi) is 7.41. The van der Waals surface area contributed by atoms with Gasteiger partial charge < -0.3 is 9.80 Å². The minimum atomic E-state index is 0.724. The molecule has 4 unspecified atom stereocenters. The highest BCUT2D eigenvalue weighted by Gasteiger charge is 2.29. The van der Waals surface area contributed by atoms with E-state index in [4.69, 9.17) is 0 Å². The Hall–Kier alpha value is -0.0800. The fourth-order valence-electron chi connectivity index (χ4n) is 4.66. The van der Waals surface area contributed by atoms with Gasteiger partial charge in [-0.1, -0.05) is 20.8 Å². The van der Waals surface area contributed by atoms with Crippen molar-refractivity contribution in [3.8, 4) is 0 Å². The summed E-state index contributed by atoms with van der Waals surface area (Å²) in [6.45, 7) is 19.8. The number of hydrogen-bond donors (Lipinski definition) is 0. The van der Waals surface area contributed by atoms with Crippen LogP contribution in [0.25, 0.3) is 0 Å². The summed E-state index contributed by atoms with van der Waals surface area (Å²) < 4.78 is 0. The van der Waals surface area contributed by atoms with Gasteiger partial charge in [-0.05, 0) is 89.6 Å². The maximum absolute atomic E-state index is 2.76. The van der Waals surface area contributed by atoms with Crippen molar-refractivity contribution in [1.29, 1.82) is 0 Å². The average molecular weight is 323 g/mol. The first-order valence-electron chi connectivity index (χ1n) is 10.4. The molecule has 2 rings (SSSR count). The zero-order valence-electron chi connectivity index (χ0n) is 16.7. The molecule has 0 aromatic carbocycles. The zero-order chi connectivity index (χ0) is 17.0. The molecule has 0 N–H and O–H groups in total. The van der Waals surface area contributed by atoms with Crippen LogP contribution in [0.3, 0.4) is 0 Å². The quantitative estimate of drug-likeness (QED) is 0.658. The first-order chi connectivity index (χ1) is 10.9. The Labute approximate surface area is 146 Å². The number of hydrogen-bond acceptors (Lipinski definition) is 2. The zero-order valence-corrected chi connectivity index (χ0v) is 16.7. The molecular weight excluding hydrogens is 280 g/mol. The number of rotatable bonds is 7. The van der Waals surface area contributed by atoms with Crippen molar-refractivity contribution in [2.75, 3.05) is 26.2 Å². The molecule has 0 amide bonds. The lowest BCUT2D eigenvalue weighted by molar-refractivity contribution is 0.105. The van der Waals surface area contributed by atoms with Crippen molar-refractivity contribution in [3.63, 3.8) is 0 Å². The lowest BCUT2D eigenvalue weighted by atomic mass is 9.83. The summed E-state index contributed by atoms with van der Waals surface area (Å²) in [5.41, 5.74) is 0. The van der Waals surface area contributed by atoms with Gasteiger partial charge in [0.2, 0.25) is 0 Å². The minimum absolute atomic E-state index is 0.724. The van der Waals surface area contributed by atoms with Gasteiger partial charge in [0.15, 0.2) is 0 Å². The highest BCUT2D eigenvalue weighted by Crippen LogP contribution is 2.30. The van der Waals surface area contributed by atoms with Crippen molar-refractivity contribution >= 4 is 0 Å². The van der Waals surface area contributed by atoms with E-state index in [0.29, 0.717) is 0 Å². The minimum Gasteiger partial charge on any atom is -0.301 e. The lowest BCUT2D eigenvalue weighted by Crippen LogP contribution is -2.42. The van der Waals surface area contributed by atoms with E-state index in [-0.39, 0.29) is 0 Å². The molecule has 2 saturated heterocycles. The Morgan fingerprint density at radius 1 is 0.783 bits per heavy atom. The highest BCUT2D eigenvalue weighted by atomic mass is 15.2. The third-order valence-corrected chi connectivity index (χ3v) is 6.89. The lowest BCUT2D eigenvalue weighted by Gasteiger charge is -2.38. The summed E-state index contributed by atoms with van der Waals surface area (Å²) in [7, 11) is 0.